The van der Waals surface area contributed by atoms with Crippen molar-refractivity contribution in [3.8, 4) is 0 Å². The highest BCUT2D eigenvalue weighted by Crippen LogP contribution is 2.38. The van der Waals surface area contributed by atoms with Crippen molar-refractivity contribution in [2.45, 2.75) is 30.3 Å². The van der Waals surface area contributed by atoms with Crippen molar-refractivity contribution in [1.29, 1.82) is 0 Å². The second-order valence-corrected chi connectivity index (χ2v) is 7.64. The quantitative estimate of drug-likeness (QED) is 0.599. The monoisotopic (exact) mass is 451 g/mol. The van der Waals surface area contributed by atoms with Gasteiger partial charge < -0.3 is 14.3 Å². The van der Waals surface area contributed by atoms with E-state index in [2.05, 4.69) is 15.5 Å². The predicted molar refractivity (Wildman–Crippen MR) is 106 cm³/mol. The van der Waals surface area contributed by atoms with Crippen LogP contribution in [0.3, 0.4) is 0 Å². The lowest BCUT2D eigenvalue weighted by Gasteiger charge is -2.31. The molecule has 0 saturated heterocycles. The molecule has 1 aliphatic rings. The minimum absolute atomic E-state index is 0.00155. The lowest BCUT2D eigenvalue weighted by atomic mass is 10.1. The van der Waals surface area contributed by atoms with Gasteiger partial charge in [-0.3, -0.25) is 14.5 Å². The van der Waals surface area contributed by atoms with Crippen LogP contribution in [0.25, 0.3) is 0 Å². The van der Waals surface area contributed by atoms with Crippen LogP contribution in [0.1, 0.15) is 12.2 Å². The number of nitrogens with one attached hydrogen (secondary N) is 1. The second kappa shape index (κ2) is 8.46. The number of alkyl halides is 3. The molecule has 0 spiro atoms. The van der Waals surface area contributed by atoms with E-state index in [4.69, 9.17) is 4.42 Å². The van der Waals surface area contributed by atoms with Crippen molar-refractivity contribution in [2.24, 2.45) is 0 Å². The van der Waals surface area contributed by atoms with Gasteiger partial charge in [0, 0.05) is 0 Å². The molecule has 31 heavy (non-hydrogen) atoms. The van der Waals surface area contributed by atoms with Gasteiger partial charge in [0.15, 0.2) is 5.16 Å². The number of anilines is 2. The van der Waals surface area contributed by atoms with Crippen LogP contribution >= 0.6 is 11.8 Å². The minimum Gasteiger partial charge on any atom is -0.467 e. The molecular weight excluding hydrogens is 435 g/mol. The Hall–Kier alpha value is -3.28. The Morgan fingerprint density at radius 3 is 2.81 bits per heavy atom. The van der Waals surface area contributed by atoms with E-state index in [0.717, 1.165) is 11.8 Å². The van der Waals surface area contributed by atoms with Gasteiger partial charge in [0.05, 0.1) is 36.4 Å². The Morgan fingerprint density at radius 2 is 2.06 bits per heavy atom. The van der Waals surface area contributed by atoms with Crippen LogP contribution in [0, 0.1) is 0 Å². The Bertz CT molecular complexity index is 1080. The van der Waals surface area contributed by atoms with Gasteiger partial charge in [0.1, 0.15) is 18.1 Å². The van der Waals surface area contributed by atoms with Crippen molar-refractivity contribution >= 4 is 35.0 Å². The number of hydrogen-bond acceptors (Lipinski definition) is 6. The molecule has 0 fully saturated rings. The normalized spacial score (nSPS) is 16.5. The summed E-state index contributed by atoms with van der Waals surface area (Å²) in [5.41, 5.74) is 0.150. The van der Waals surface area contributed by atoms with Crippen LogP contribution in [0.5, 0.6) is 0 Å². The Morgan fingerprint density at radius 1 is 1.26 bits per heavy atom. The highest BCUT2D eigenvalue weighted by molar-refractivity contribution is 7.99. The topological polar surface area (TPSA) is 93.3 Å². The van der Waals surface area contributed by atoms with Crippen LogP contribution in [0.2, 0.25) is 0 Å². The summed E-state index contributed by atoms with van der Waals surface area (Å²) in [6.07, 6.45) is -2.71. The van der Waals surface area contributed by atoms with Crippen LogP contribution in [0.4, 0.5) is 24.5 Å². The summed E-state index contributed by atoms with van der Waals surface area (Å²) < 4.78 is 48.2. The number of carbonyl (C=O) groups excluding carboxylic acids is 2. The SMILES string of the molecule is O=C1CC(C(F)(F)F)N(C(=O)CSc2nncn2Cc2ccco2)c2ccccc2N1. The van der Waals surface area contributed by atoms with E-state index < -0.39 is 30.5 Å². The molecule has 0 radical (unpaired) electrons. The van der Waals surface area contributed by atoms with Crippen LogP contribution in [-0.2, 0) is 16.1 Å². The van der Waals surface area contributed by atoms with Gasteiger partial charge in [-0.2, -0.15) is 13.2 Å². The fourth-order valence-corrected chi connectivity index (χ4v) is 4.00. The van der Waals surface area contributed by atoms with E-state index in [-0.39, 0.29) is 17.1 Å². The highest BCUT2D eigenvalue weighted by Gasteiger charge is 2.48. The number of amides is 2. The first-order valence-electron chi connectivity index (χ1n) is 9.13. The average Bonchev–Trinajstić information content (AvgIpc) is 3.35. The number of benzene rings is 1. The molecule has 2 amide bonds. The zero-order valence-electron chi connectivity index (χ0n) is 15.9. The lowest BCUT2D eigenvalue weighted by Crippen LogP contribution is -2.50. The average molecular weight is 451 g/mol. The molecule has 0 aliphatic carbocycles. The van der Waals surface area contributed by atoms with Crippen LogP contribution in [-0.4, -0.2) is 44.5 Å². The Kier molecular flexibility index (Phi) is 5.72. The molecule has 1 aromatic carbocycles. The molecule has 12 heteroatoms. The van der Waals surface area contributed by atoms with Gasteiger partial charge in [0.2, 0.25) is 11.8 Å². The number of carbonyl (C=O) groups is 2. The molecule has 0 bridgehead atoms. The molecule has 1 unspecified atom stereocenters. The molecule has 8 nitrogen and oxygen atoms in total. The number of aromatic nitrogens is 3. The zero-order chi connectivity index (χ0) is 22.0. The molecule has 2 aromatic heterocycles. The number of para-hydroxylation sites is 2. The number of furan rings is 1. The summed E-state index contributed by atoms with van der Waals surface area (Å²) in [4.78, 5) is 25.7. The molecule has 3 heterocycles. The van der Waals surface area contributed by atoms with Gasteiger partial charge in [-0.1, -0.05) is 23.9 Å². The van der Waals surface area contributed by atoms with Crippen LogP contribution in [0.15, 0.2) is 58.6 Å². The molecule has 3 aromatic rings. The smallest absolute Gasteiger partial charge is 0.409 e. The molecule has 1 aliphatic heterocycles. The van der Waals surface area contributed by atoms with Gasteiger partial charge in [-0.15, -0.1) is 10.2 Å². The number of hydrogen-bond donors (Lipinski definition) is 1. The number of rotatable bonds is 5. The summed E-state index contributed by atoms with van der Waals surface area (Å²) >= 11 is 0.956. The third-order valence-electron chi connectivity index (χ3n) is 4.59. The second-order valence-electron chi connectivity index (χ2n) is 6.70. The summed E-state index contributed by atoms with van der Waals surface area (Å²) in [6, 6.07) is 7.12. The fraction of sp³-hybridized carbons (Fsp3) is 0.263. The minimum atomic E-state index is -4.78. The number of fused-ring (bicyclic) bond motifs is 1. The van der Waals surface area contributed by atoms with Crippen LogP contribution < -0.4 is 10.2 Å². The first kappa shape index (κ1) is 21.0. The number of thioether (sulfide) groups is 1. The van der Waals surface area contributed by atoms with E-state index in [9.17, 15) is 22.8 Å². The highest BCUT2D eigenvalue weighted by atomic mass is 32.2. The van der Waals surface area contributed by atoms with Crippen molar-refractivity contribution < 1.29 is 27.2 Å². The zero-order valence-corrected chi connectivity index (χ0v) is 16.7. The largest absolute Gasteiger partial charge is 0.467 e. The summed E-state index contributed by atoms with van der Waals surface area (Å²) in [5.74, 6) is -1.30. The van der Waals surface area contributed by atoms with Gasteiger partial charge in [0.25, 0.3) is 0 Å². The van der Waals surface area contributed by atoms with E-state index in [1.807, 2.05) is 0 Å². The van der Waals surface area contributed by atoms with E-state index >= 15 is 0 Å². The first-order valence-corrected chi connectivity index (χ1v) is 10.1. The third kappa shape index (κ3) is 4.58. The Balaban J connectivity index is 1.58. The maximum absolute atomic E-state index is 13.8. The molecule has 1 N–H and O–H groups in total. The van der Waals surface area contributed by atoms with Gasteiger partial charge >= 0.3 is 6.18 Å². The third-order valence-corrected chi connectivity index (χ3v) is 5.55. The molecule has 162 valence electrons. The van der Waals surface area contributed by atoms with Crippen molar-refractivity contribution in [2.75, 3.05) is 16.0 Å². The molecule has 0 saturated carbocycles. The maximum atomic E-state index is 13.8. The Labute approximate surface area is 178 Å². The summed E-state index contributed by atoms with van der Waals surface area (Å²) in [5, 5.41) is 10.5. The number of nitrogens with zero attached hydrogens (tertiary/aromatic N) is 4. The molecule has 1 atom stereocenters. The number of halogens is 3. The van der Waals surface area contributed by atoms with E-state index in [0.29, 0.717) is 22.4 Å². The fourth-order valence-electron chi connectivity index (χ4n) is 3.23. The summed E-state index contributed by atoms with van der Waals surface area (Å²) in [6.45, 7) is 0.312. The maximum Gasteiger partial charge on any atom is 0.409 e. The molecule has 4 rings (SSSR count). The molecular formula is C19H16F3N5O3S. The predicted octanol–water partition coefficient (Wildman–Crippen LogP) is 3.32. The van der Waals surface area contributed by atoms with Crippen molar-refractivity contribution in [1.82, 2.24) is 14.8 Å². The van der Waals surface area contributed by atoms with E-state index in [1.54, 1.807) is 22.8 Å². The van der Waals surface area contributed by atoms with Gasteiger partial charge in [-0.05, 0) is 24.3 Å². The van der Waals surface area contributed by atoms with Crippen molar-refractivity contribution in [3.05, 3.63) is 54.7 Å². The summed E-state index contributed by atoms with van der Waals surface area (Å²) in [7, 11) is 0. The standard InChI is InChI=1S/C19H16F3N5O3S/c20-19(21,22)15-8-16(28)24-13-5-1-2-6-14(13)27(15)17(29)10-31-18-25-23-11-26(18)9-12-4-3-7-30-12/h1-7,11,15H,8-10H2,(H,24,28). The lowest BCUT2D eigenvalue weighted by molar-refractivity contribution is -0.157. The van der Waals surface area contributed by atoms with Gasteiger partial charge in [-0.25, -0.2) is 0 Å². The van der Waals surface area contributed by atoms with Crippen molar-refractivity contribution in [3.63, 3.8) is 0 Å². The van der Waals surface area contributed by atoms with E-state index in [1.165, 1.54) is 30.8 Å². The first-order chi connectivity index (χ1) is 14.8.